The van der Waals surface area contributed by atoms with Crippen LogP contribution < -0.4 is 5.32 Å². The molecule has 0 radical (unpaired) electrons. The van der Waals surface area contributed by atoms with Crippen molar-refractivity contribution < 1.29 is 0 Å². The van der Waals surface area contributed by atoms with Crippen LogP contribution in [0.4, 0.5) is 0 Å². The number of nitrogens with one attached hydrogen (secondary N) is 1. The van der Waals surface area contributed by atoms with E-state index in [0.717, 1.165) is 29.0 Å². The van der Waals surface area contributed by atoms with Crippen LogP contribution in [0.15, 0.2) is 30.5 Å². The van der Waals surface area contributed by atoms with Crippen LogP contribution in [-0.2, 0) is 6.54 Å². The number of nitrogens with zero attached hydrogens (tertiary/aromatic N) is 2. The van der Waals surface area contributed by atoms with Crippen LogP contribution in [0.3, 0.4) is 0 Å². The number of rotatable bonds is 6. The molecule has 2 rings (SSSR count). The Balaban J connectivity index is 2.09. The predicted molar refractivity (Wildman–Crippen MR) is 90.8 cm³/mol. The summed E-state index contributed by atoms with van der Waals surface area (Å²) in [4.78, 5) is 6.75. The second kappa shape index (κ2) is 7.21. The Morgan fingerprint density at radius 3 is 2.67 bits per heavy atom. The van der Waals surface area contributed by atoms with E-state index in [4.69, 9.17) is 11.6 Å². The van der Waals surface area contributed by atoms with Crippen LogP contribution in [-0.4, -0.2) is 36.6 Å². The largest absolute Gasteiger partial charge is 0.311 e. The summed E-state index contributed by atoms with van der Waals surface area (Å²) in [6.07, 6.45) is 1.82. The lowest BCUT2D eigenvalue weighted by Crippen LogP contribution is -2.41. The van der Waals surface area contributed by atoms with Crippen LogP contribution >= 0.6 is 11.6 Å². The van der Waals surface area contributed by atoms with Crippen LogP contribution in [0.1, 0.15) is 19.4 Å². The second-order valence-electron chi connectivity index (χ2n) is 6.01. The van der Waals surface area contributed by atoms with Gasteiger partial charge in [0.05, 0.1) is 5.52 Å². The van der Waals surface area contributed by atoms with E-state index in [1.54, 1.807) is 0 Å². The predicted octanol–water partition coefficient (Wildman–Crippen LogP) is 3.56. The monoisotopic (exact) mass is 305 g/mol. The lowest BCUT2D eigenvalue weighted by Gasteiger charge is -2.28. The van der Waals surface area contributed by atoms with Crippen LogP contribution in [0.2, 0.25) is 5.02 Å². The van der Waals surface area contributed by atoms with Gasteiger partial charge in [0.15, 0.2) is 0 Å². The Hall–Kier alpha value is -1.16. The normalized spacial score (nSPS) is 13.3. The molecule has 0 amide bonds. The van der Waals surface area contributed by atoms with E-state index in [0.29, 0.717) is 12.0 Å². The highest BCUT2D eigenvalue weighted by molar-refractivity contribution is 6.35. The van der Waals surface area contributed by atoms with Gasteiger partial charge in [0.1, 0.15) is 0 Å². The molecule has 0 bridgehead atoms. The van der Waals surface area contributed by atoms with Gasteiger partial charge >= 0.3 is 0 Å². The maximum Gasteiger partial charge on any atom is 0.0761 e. The molecule has 4 heteroatoms. The van der Waals surface area contributed by atoms with Crippen molar-refractivity contribution in [1.29, 1.82) is 0 Å². The minimum Gasteiger partial charge on any atom is -0.311 e. The molecule has 1 heterocycles. The van der Waals surface area contributed by atoms with Gasteiger partial charge < -0.3 is 10.2 Å². The van der Waals surface area contributed by atoms with Crippen molar-refractivity contribution >= 4 is 22.5 Å². The van der Waals surface area contributed by atoms with E-state index in [9.17, 15) is 0 Å². The molecule has 0 aliphatic heterocycles. The minimum absolute atomic E-state index is 0.525. The van der Waals surface area contributed by atoms with Crippen LogP contribution in [0, 0.1) is 5.92 Å². The summed E-state index contributed by atoms with van der Waals surface area (Å²) >= 11 is 6.23. The van der Waals surface area contributed by atoms with Gasteiger partial charge in [0, 0.05) is 35.7 Å². The SMILES string of the molecule is CC(C)C(CNCc1ccc(Cl)c2cccnc12)N(C)C. The summed E-state index contributed by atoms with van der Waals surface area (Å²) in [6.45, 7) is 6.28. The quantitative estimate of drug-likeness (QED) is 0.884. The summed E-state index contributed by atoms with van der Waals surface area (Å²) < 4.78 is 0. The average molecular weight is 306 g/mol. The molecule has 3 nitrogen and oxygen atoms in total. The van der Waals surface area contributed by atoms with Gasteiger partial charge in [0.25, 0.3) is 0 Å². The van der Waals surface area contributed by atoms with Gasteiger partial charge in [-0.3, -0.25) is 4.98 Å². The van der Waals surface area contributed by atoms with Crippen molar-refractivity contribution in [3.05, 3.63) is 41.0 Å². The molecule has 0 spiro atoms. The molecular formula is C17H24ClN3. The number of fused-ring (bicyclic) bond motifs is 1. The third-order valence-corrected chi connectivity index (χ3v) is 4.23. The van der Waals surface area contributed by atoms with Crippen molar-refractivity contribution in [2.24, 2.45) is 5.92 Å². The van der Waals surface area contributed by atoms with E-state index in [1.165, 1.54) is 5.56 Å². The van der Waals surface area contributed by atoms with Crippen molar-refractivity contribution in [3.63, 3.8) is 0 Å². The van der Waals surface area contributed by atoms with Crippen molar-refractivity contribution in [3.8, 4) is 0 Å². The van der Waals surface area contributed by atoms with E-state index < -0.39 is 0 Å². The third-order valence-electron chi connectivity index (χ3n) is 3.90. The first kappa shape index (κ1) is 16.2. The maximum absolute atomic E-state index is 6.23. The molecule has 0 fully saturated rings. The van der Waals surface area contributed by atoms with Crippen LogP contribution in [0.25, 0.3) is 10.9 Å². The van der Waals surface area contributed by atoms with Gasteiger partial charge in [-0.05, 0) is 43.8 Å². The first-order chi connectivity index (χ1) is 10.0. The third kappa shape index (κ3) is 3.94. The zero-order valence-corrected chi connectivity index (χ0v) is 14.0. The lowest BCUT2D eigenvalue weighted by molar-refractivity contribution is 0.224. The molecule has 1 N–H and O–H groups in total. The number of hydrogen-bond donors (Lipinski definition) is 1. The Morgan fingerprint density at radius 1 is 1.24 bits per heavy atom. The fourth-order valence-electron chi connectivity index (χ4n) is 2.71. The summed E-state index contributed by atoms with van der Waals surface area (Å²) in [5.41, 5.74) is 2.18. The second-order valence-corrected chi connectivity index (χ2v) is 6.42. The topological polar surface area (TPSA) is 28.2 Å². The van der Waals surface area contributed by atoms with Gasteiger partial charge in [-0.1, -0.05) is 31.5 Å². The fourth-order valence-corrected chi connectivity index (χ4v) is 2.92. The standard InChI is InChI=1S/C17H24ClN3/c1-12(2)16(21(3)4)11-19-10-13-7-8-15(18)14-6-5-9-20-17(13)14/h5-9,12,16,19H,10-11H2,1-4H3. The summed E-state index contributed by atoms with van der Waals surface area (Å²) in [5, 5.41) is 5.33. The van der Waals surface area contributed by atoms with E-state index in [-0.39, 0.29) is 0 Å². The van der Waals surface area contributed by atoms with E-state index >= 15 is 0 Å². The lowest BCUT2D eigenvalue weighted by atomic mass is 10.0. The van der Waals surface area contributed by atoms with Gasteiger partial charge in [-0.15, -0.1) is 0 Å². The number of likely N-dealkylation sites (N-methyl/N-ethyl adjacent to an activating group) is 1. The first-order valence-electron chi connectivity index (χ1n) is 7.40. The molecule has 21 heavy (non-hydrogen) atoms. The highest BCUT2D eigenvalue weighted by Crippen LogP contribution is 2.24. The smallest absolute Gasteiger partial charge is 0.0761 e. The Kier molecular flexibility index (Phi) is 5.57. The van der Waals surface area contributed by atoms with E-state index in [2.05, 4.69) is 49.2 Å². The molecular weight excluding hydrogens is 282 g/mol. The highest BCUT2D eigenvalue weighted by atomic mass is 35.5. The number of hydrogen-bond acceptors (Lipinski definition) is 3. The molecule has 2 aromatic rings. The zero-order valence-electron chi connectivity index (χ0n) is 13.2. The Morgan fingerprint density at radius 2 is 2.00 bits per heavy atom. The minimum atomic E-state index is 0.525. The summed E-state index contributed by atoms with van der Waals surface area (Å²) in [5.74, 6) is 0.618. The van der Waals surface area contributed by atoms with Crippen molar-refractivity contribution in [2.75, 3.05) is 20.6 Å². The highest BCUT2D eigenvalue weighted by Gasteiger charge is 2.15. The zero-order chi connectivity index (χ0) is 15.4. The maximum atomic E-state index is 6.23. The number of benzene rings is 1. The first-order valence-corrected chi connectivity index (χ1v) is 7.77. The number of pyridine rings is 1. The molecule has 0 saturated heterocycles. The molecule has 1 aromatic carbocycles. The molecule has 0 aliphatic rings. The molecule has 1 unspecified atom stereocenters. The van der Waals surface area contributed by atoms with Gasteiger partial charge in [0.2, 0.25) is 0 Å². The fraction of sp³-hybridized carbons (Fsp3) is 0.471. The summed E-state index contributed by atoms with van der Waals surface area (Å²) in [7, 11) is 4.26. The number of aromatic nitrogens is 1. The van der Waals surface area contributed by atoms with Gasteiger partial charge in [-0.25, -0.2) is 0 Å². The average Bonchev–Trinajstić information content (AvgIpc) is 2.45. The Labute approximate surface area is 132 Å². The van der Waals surface area contributed by atoms with Crippen molar-refractivity contribution in [1.82, 2.24) is 15.2 Å². The molecule has 0 aliphatic carbocycles. The molecule has 1 atom stereocenters. The van der Waals surface area contributed by atoms with Crippen LogP contribution in [0.5, 0.6) is 0 Å². The molecule has 0 saturated carbocycles. The Bertz CT molecular complexity index is 588. The molecule has 114 valence electrons. The molecule has 1 aromatic heterocycles. The van der Waals surface area contributed by atoms with E-state index in [1.807, 2.05) is 24.4 Å². The summed E-state index contributed by atoms with van der Waals surface area (Å²) in [6, 6.07) is 8.48. The van der Waals surface area contributed by atoms with Gasteiger partial charge in [-0.2, -0.15) is 0 Å². The number of halogens is 1. The van der Waals surface area contributed by atoms with Crippen molar-refractivity contribution in [2.45, 2.75) is 26.4 Å².